The molecule has 0 aliphatic carbocycles. The van der Waals surface area contributed by atoms with E-state index in [0.29, 0.717) is 5.75 Å². The SMILES string of the molecule is COc1cc(/C=C/CO)ccc1O[C@@H](CO)[C@H](O)c1cc(OC)c(O[C@@H]2O[C@H](CO)[C@@H](O)[C@H](O)[C@H]2O)c(OC)c1. The molecule has 13 nitrogen and oxygen atoms in total. The largest absolute Gasteiger partial charge is 0.493 e. The Balaban J connectivity index is 1.88. The van der Waals surface area contributed by atoms with Crippen molar-refractivity contribution in [1.29, 1.82) is 0 Å². The highest BCUT2D eigenvalue weighted by Crippen LogP contribution is 2.42. The van der Waals surface area contributed by atoms with Gasteiger partial charge in [-0.25, -0.2) is 0 Å². The number of methoxy groups -OCH3 is 3. The normalized spacial score (nSPS) is 24.4. The van der Waals surface area contributed by atoms with Crippen LogP contribution >= 0.6 is 0 Å². The third-order valence-corrected chi connectivity index (χ3v) is 6.32. The van der Waals surface area contributed by atoms with Crippen molar-refractivity contribution in [2.24, 2.45) is 0 Å². The second-order valence-corrected chi connectivity index (χ2v) is 8.85. The molecule has 1 aliphatic rings. The Bertz CT molecular complexity index is 1100. The van der Waals surface area contributed by atoms with E-state index in [2.05, 4.69) is 0 Å². The molecule has 0 unspecified atom stereocenters. The van der Waals surface area contributed by atoms with Crippen LogP contribution in [-0.4, -0.2) is 114 Å². The van der Waals surface area contributed by atoms with Gasteiger partial charge in [-0.3, -0.25) is 0 Å². The quantitative estimate of drug-likeness (QED) is 0.161. The second-order valence-electron chi connectivity index (χ2n) is 8.85. The molecule has 1 fully saturated rings. The minimum Gasteiger partial charge on any atom is -0.493 e. The predicted molar refractivity (Wildman–Crippen MR) is 140 cm³/mol. The molecule has 3 rings (SSSR count). The molecule has 0 saturated carbocycles. The summed E-state index contributed by atoms with van der Waals surface area (Å²) in [6.07, 6.45) is -6.90. The van der Waals surface area contributed by atoms with Crippen LogP contribution in [0.5, 0.6) is 28.7 Å². The van der Waals surface area contributed by atoms with Crippen molar-refractivity contribution in [3.05, 3.63) is 47.5 Å². The number of ether oxygens (including phenoxy) is 6. The summed E-state index contributed by atoms with van der Waals surface area (Å²) in [7, 11) is 4.08. The van der Waals surface area contributed by atoms with Crippen LogP contribution in [-0.2, 0) is 4.74 Å². The first kappa shape index (κ1) is 31.4. The van der Waals surface area contributed by atoms with Crippen molar-refractivity contribution in [2.45, 2.75) is 42.9 Å². The van der Waals surface area contributed by atoms with Crippen LogP contribution in [0.4, 0.5) is 0 Å². The Kier molecular flexibility index (Phi) is 11.4. The monoisotopic (exact) mass is 568 g/mol. The third kappa shape index (κ3) is 6.95. The molecule has 7 atom stereocenters. The maximum atomic E-state index is 11.1. The lowest BCUT2D eigenvalue weighted by atomic mass is 9.99. The molecule has 1 saturated heterocycles. The topological polar surface area (TPSA) is 197 Å². The van der Waals surface area contributed by atoms with Crippen LogP contribution < -0.4 is 23.7 Å². The highest BCUT2D eigenvalue weighted by atomic mass is 16.7. The molecule has 1 aliphatic heterocycles. The van der Waals surface area contributed by atoms with Crippen molar-refractivity contribution in [3.8, 4) is 28.7 Å². The Morgan fingerprint density at radius 1 is 0.850 bits per heavy atom. The number of hydrogen-bond acceptors (Lipinski definition) is 13. The van der Waals surface area contributed by atoms with Crippen LogP contribution in [0, 0.1) is 0 Å². The highest BCUT2D eigenvalue weighted by molar-refractivity contribution is 5.56. The zero-order chi connectivity index (χ0) is 29.4. The van der Waals surface area contributed by atoms with Gasteiger partial charge in [-0.1, -0.05) is 18.2 Å². The molecule has 0 radical (unpaired) electrons. The van der Waals surface area contributed by atoms with Gasteiger partial charge in [0, 0.05) is 0 Å². The molecular weight excluding hydrogens is 532 g/mol. The van der Waals surface area contributed by atoms with E-state index in [-0.39, 0.29) is 35.2 Å². The number of hydrogen-bond donors (Lipinski definition) is 7. The maximum absolute atomic E-state index is 11.1. The van der Waals surface area contributed by atoms with Gasteiger partial charge in [0.05, 0.1) is 41.2 Å². The van der Waals surface area contributed by atoms with Crippen LogP contribution in [0.2, 0.25) is 0 Å². The molecule has 7 N–H and O–H groups in total. The van der Waals surface area contributed by atoms with Gasteiger partial charge in [0.1, 0.15) is 30.5 Å². The minimum atomic E-state index is -1.68. The van der Waals surface area contributed by atoms with Gasteiger partial charge in [0.25, 0.3) is 0 Å². The van der Waals surface area contributed by atoms with Crippen LogP contribution in [0.25, 0.3) is 6.08 Å². The average Bonchev–Trinajstić information content (AvgIpc) is 2.98. The summed E-state index contributed by atoms with van der Waals surface area (Å²) >= 11 is 0. The van der Waals surface area contributed by atoms with E-state index in [1.807, 2.05) is 0 Å². The molecule has 0 aromatic heterocycles. The van der Waals surface area contributed by atoms with Crippen molar-refractivity contribution in [2.75, 3.05) is 41.2 Å². The smallest absolute Gasteiger partial charge is 0.229 e. The molecular formula is C27H36O13. The maximum Gasteiger partial charge on any atom is 0.229 e. The molecule has 0 amide bonds. The van der Waals surface area contributed by atoms with E-state index in [4.69, 9.17) is 33.5 Å². The Hall–Kier alpha value is -3.14. The van der Waals surface area contributed by atoms with Gasteiger partial charge >= 0.3 is 0 Å². The van der Waals surface area contributed by atoms with Crippen molar-refractivity contribution in [1.82, 2.24) is 0 Å². The summed E-state index contributed by atoms with van der Waals surface area (Å²) in [5.74, 6) is 0.617. The number of benzene rings is 2. The first-order chi connectivity index (χ1) is 19.2. The minimum absolute atomic E-state index is 0.0413. The fraction of sp³-hybridized carbons (Fsp3) is 0.481. The first-order valence-electron chi connectivity index (χ1n) is 12.4. The molecule has 1 heterocycles. The van der Waals surface area contributed by atoms with E-state index in [1.54, 1.807) is 30.4 Å². The van der Waals surface area contributed by atoms with Gasteiger partial charge in [-0.2, -0.15) is 0 Å². The van der Waals surface area contributed by atoms with Crippen molar-refractivity contribution < 1.29 is 64.2 Å². The van der Waals surface area contributed by atoms with Gasteiger partial charge in [0.15, 0.2) is 29.1 Å². The second kappa shape index (κ2) is 14.5. The standard InChI is InChI=1S/C27H36O13/c1-35-17-9-14(5-4-8-28)6-7-16(17)38-20(12-29)22(31)15-10-18(36-2)26(19(11-15)37-3)40-27-25(34)24(33)23(32)21(13-30)39-27/h4-7,9-11,20-25,27-34H,8,12-13H2,1-3H3/b5-4+/t20-,21+,22+,23+,24-,25+,27-/m0/s1. The summed E-state index contributed by atoms with van der Waals surface area (Å²) < 4.78 is 33.2. The fourth-order valence-corrected chi connectivity index (χ4v) is 4.12. The van der Waals surface area contributed by atoms with Crippen molar-refractivity contribution >= 4 is 6.08 Å². The summed E-state index contributed by atoms with van der Waals surface area (Å²) in [6, 6.07) is 7.78. The lowest BCUT2D eigenvalue weighted by molar-refractivity contribution is -0.277. The lowest BCUT2D eigenvalue weighted by Gasteiger charge is -2.39. The molecule has 2 aromatic rings. The van der Waals surface area contributed by atoms with E-state index in [9.17, 15) is 30.6 Å². The predicted octanol–water partition coefficient (Wildman–Crippen LogP) is -0.630. The molecule has 13 heteroatoms. The van der Waals surface area contributed by atoms with Gasteiger partial charge in [-0.05, 0) is 35.4 Å². The zero-order valence-electron chi connectivity index (χ0n) is 22.3. The molecule has 40 heavy (non-hydrogen) atoms. The Morgan fingerprint density at radius 2 is 1.50 bits per heavy atom. The number of aliphatic hydroxyl groups is 7. The van der Waals surface area contributed by atoms with E-state index < -0.39 is 56.1 Å². The number of aliphatic hydroxyl groups excluding tert-OH is 7. The summed E-state index contributed by atoms with van der Waals surface area (Å²) in [5, 5.41) is 70.1. The zero-order valence-corrected chi connectivity index (χ0v) is 22.3. The van der Waals surface area contributed by atoms with E-state index in [0.717, 1.165) is 5.56 Å². The van der Waals surface area contributed by atoms with Crippen molar-refractivity contribution in [3.63, 3.8) is 0 Å². The van der Waals surface area contributed by atoms with Gasteiger partial charge < -0.3 is 64.2 Å². The highest BCUT2D eigenvalue weighted by Gasteiger charge is 2.45. The van der Waals surface area contributed by atoms with Crippen LogP contribution in [0.3, 0.4) is 0 Å². The van der Waals surface area contributed by atoms with E-state index >= 15 is 0 Å². The summed E-state index contributed by atoms with van der Waals surface area (Å²) in [4.78, 5) is 0. The molecule has 0 spiro atoms. The number of rotatable bonds is 13. The fourth-order valence-electron chi connectivity index (χ4n) is 4.12. The Labute approximate surface area is 231 Å². The van der Waals surface area contributed by atoms with Crippen LogP contribution in [0.1, 0.15) is 17.2 Å². The van der Waals surface area contributed by atoms with Gasteiger partial charge in [0.2, 0.25) is 12.0 Å². The Morgan fingerprint density at radius 3 is 2.05 bits per heavy atom. The molecule has 0 bridgehead atoms. The molecule has 2 aromatic carbocycles. The lowest BCUT2D eigenvalue weighted by Crippen LogP contribution is -2.60. The summed E-state index contributed by atoms with van der Waals surface area (Å²) in [5.41, 5.74) is 0.958. The summed E-state index contributed by atoms with van der Waals surface area (Å²) in [6.45, 7) is -1.34. The average molecular weight is 569 g/mol. The first-order valence-corrected chi connectivity index (χ1v) is 12.4. The molecule has 222 valence electrons. The van der Waals surface area contributed by atoms with E-state index in [1.165, 1.54) is 33.5 Å². The van der Waals surface area contributed by atoms with Crippen LogP contribution in [0.15, 0.2) is 36.4 Å². The third-order valence-electron chi connectivity index (χ3n) is 6.32. The van der Waals surface area contributed by atoms with Gasteiger partial charge in [-0.15, -0.1) is 0 Å².